The summed E-state index contributed by atoms with van der Waals surface area (Å²) in [5.41, 5.74) is 0.196. The molecule has 102 valence electrons. The van der Waals surface area contributed by atoms with Crippen LogP contribution in [0.15, 0.2) is 22.7 Å². The first-order chi connectivity index (χ1) is 8.64. The molecule has 0 atom stereocenters. The molecule has 1 N–H and O–H groups in total. The molecule has 0 bridgehead atoms. The van der Waals surface area contributed by atoms with E-state index in [2.05, 4.69) is 15.9 Å². The number of carboxylic acid groups (broad SMARTS) is 1. The van der Waals surface area contributed by atoms with Crippen LogP contribution in [0, 0.1) is 0 Å². The second-order valence-electron chi connectivity index (χ2n) is 5.63. The van der Waals surface area contributed by atoms with Crippen molar-refractivity contribution in [2.45, 2.75) is 38.9 Å². The zero-order chi connectivity index (χ0) is 14.4. The molecule has 4 nitrogen and oxygen atoms in total. The Morgan fingerprint density at radius 1 is 1.21 bits per heavy atom. The third kappa shape index (κ3) is 2.57. The van der Waals surface area contributed by atoms with Crippen LogP contribution in [-0.2, 0) is 9.31 Å². The normalized spacial score (nSPS) is 20.6. The molecule has 0 spiro atoms. The molecule has 19 heavy (non-hydrogen) atoms. The van der Waals surface area contributed by atoms with Crippen molar-refractivity contribution in [3.63, 3.8) is 0 Å². The molecule has 1 aromatic rings. The van der Waals surface area contributed by atoms with Crippen molar-refractivity contribution in [2.75, 3.05) is 0 Å². The van der Waals surface area contributed by atoms with Gasteiger partial charge in [-0.3, -0.25) is 0 Å². The Morgan fingerprint density at radius 3 is 2.16 bits per heavy atom. The van der Waals surface area contributed by atoms with Crippen molar-refractivity contribution in [3.05, 3.63) is 28.2 Å². The fraction of sp³-hybridized carbons (Fsp3) is 0.462. The van der Waals surface area contributed by atoms with Gasteiger partial charge < -0.3 is 14.4 Å². The van der Waals surface area contributed by atoms with Crippen LogP contribution in [0.25, 0.3) is 0 Å². The van der Waals surface area contributed by atoms with E-state index >= 15 is 0 Å². The molecule has 0 radical (unpaired) electrons. The first kappa shape index (κ1) is 14.6. The second kappa shape index (κ2) is 4.61. The minimum Gasteiger partial charge on any atom is -0.478 e. The van der Waals surface area contributed by atoms with Gasteiger partial charge >= 0.3 is 13.1 Å². The van der Waals surface area contributed by atoms with Crippen LogP contribution in [0.4, 0.5) is 0 Å². The topological polar surface area (TPSA) is 55.8 Å². The number of carboxylic acids is 1. The Bertz CT molecular complexity index is 511. The molecule has 2 rings (SSSR count). The van der Waals surface area contributed by atoms with Crippen LogP contribution in [0.2, 0.25) is 0 Å². The number of benzene rings is 1. The first-order valence-electron chi connectivity index (χ1n) is 6.02. The highest BCUT2D eigenvalue weighted by atomic mass is 79.9. The Hall–Kier alpha value is -0.845. The standard InChI is InChI=1S/C13H16BBrO4/c1-12(2)13(3,4)19-14(18-12)9-6-5-8(11(16)17)7-10(9)15/h5-7H,1-4H3,(H,16,17). The summed E-state index contributed by atoms with van der Waals surface area (Å²) in [5.74, 6) is -0.957. The van der Waals surface area contributed by atoms with Gasteiger partial charge in [0.2, 0.25) is 0 Å². The maximum absolute atomic E-state index is 10.9. The van der Waals surface area contributed by atoms with Gasteiger partial charge in [-0.15, -0.1) is 0 Å². The highest BCUT2D eigenvalue weighted by Crippen LogP contribution is 2.37. The zero-order valence-corrected chi connectivity index (χ0v) is 12.9. The van der Waals surface area contributed by atoms with Gasteiger partial charge in [0, 0.05) is 4.47 Å². The van der Waals surface area contributed by atoms with E-state index in [-0.39, 0.29) is 5.56 Å². The van der Waals surface area contributed by atoms with E-state index in [1.54, 1.807) is 18.2 Å². The van der Waals surface area contributed by atoms with Crippen molar-refractivity contribution < 1.29 is 19.2 Å². The summed E-state index contributed by atoms with van der Waals surface area (Å²) in [6.07, 6.45) is 0. The Kier molecular flexibility index (Phi) is 3.54. The SMILES string of the molecule is CC1(C)OB(c2ccc(C(=O)O)cc2Br)OC1(C)C. The van der Waals surface area contributed by atoms with Gasteiger partial charge in [-0.1, -0.05) is 22.0 Å². The predicted molar refractivity (Wildman–Crippen MR) is 76.8 cm³/mol. The Morgan fingerprint density at radius 2 is 1.74 bits per heavy atom. The molecule has 0 amide bonds. The lowest BCUT2D eigenvalue weighted by Gasteiger charge is -2.32. The van der Waals surface area contributed by atoms with Crippen molar-refractivity contribution in [1.29, 1.82) is 0 Å². The average Bonchev–Trinajstić information content (AvgIpc) is 2.47. The highest BCUT2D eigenvalue weighted by molar-refractivity contribution is 9.10. The van der Waals surface area contributed by atoms with E-state index in [1.807, 2.05) is 27.7 Å². The van der Waals surface area contributed by atoms with E-state index in [9.17, 15) is 4.79 Å². The molecule has 6 heteroatoms. The molecule has 1 saturated heterocycles. The maximum Gasteiger partial charge on any atom is 0.495 e. The smallest absolute Gasteiger partial charge is 0.478 e. The summed E-state index contributed by atoms with van der Waals surface area (Å²) in [4.78, 5) is 10.9. The van der Waals surface area contributed by atoms with Crippen molar-refractivity contribution >= 4 is 34.5 Å². The average molecular weight is 327 g/mol. The number of rotatable bonds is 2. The van der Waals surface area contributed by atoms with Gasteiger partial charge in [0.05, 0.1) is 16.8 Å². The monoisotopic (exact) mass is 326 g/mol. The molecule has 0 aromatic heterocycles. The van der Waals surface area contributed by atoms with E-state index < -0.39 is 24.3 Å². The molecule has 1 aliphatic heterocycles. The van der Waals surface area contributed by atoms with Crippen LogP contribution in [0.1, 0.15) is 38.1 Å². The van der Waals surface area contributed by atoms with Crippen LogP contribution < -0.4 is 5.46 Å². The van der Waals surface area contributed by atoms with Gasteiger partial charge in [-0.05, 0) is 45.3 Å². The van der Waals surface area contributed by atoms with Crippen molar-refractivity contribution in [1.82, 2.24) is 0 Å². The number of carbonyl (C=O) groups is 1. The fourth-order valence-corrected chi connectivity index (χ4v) is 2.39. The number of hydrogen-bond donors (Lipinski definition) is 1. The van der Waals surface area contributed by atoms with E-state index in [1.165, 1.54) is 0 Å². The Labute approximate surface area is 121 Å². The van der Waals surface area contributed by atoms with Gasteiger partial charge in [0.1, 0.15) is 0 Å². The highest BCUT2D eigenvalue weighted by Gasteiger charge is 2.52. The van der Waals surface area contributed by atoms with Gasteiger partial charge in [0.15, 0.2) is 0 Å². The molecule has 1 aliphatic rings. The largest absolute Gasteiger partial charge is 0.495 e. The molecule has 1 heterocycles. The minimum atomic E-state index is -0.957. The fourth-order valence-electron chi connectivity index (χ4n) is 1.82. The summed E-state index contributed by atoms with van der Waals surface area (Å²) >= 11 is 3.38. The molecule has 1 aromatic carbocycles. The van der Waals surface area contributed by atoms with E-state index in [0.717, 1.165) is 5.46 Å². The van der Waals surface area contributed by atoms with E-state index in [4.69, 9.17) is 14.4 Å². The summed E-state index contributed by atoms with van der Waals surface area (Å²) in [6, 6.07) is 4.83. The van der Waals surface area contributed by atoms with Gasteiger partial charge in [-0.25, -0.2) is 4.79 Å². The molecule has 0 saturated carbocycles. The van der Waals surface area contributed by atoms with Crippen LogP contribution in [-0.4, -0.2) is 29.4 Å². The summed E-state index contributed by atoms with van der Waals surface area (Å²) in [5, 5.41) is 8.95. The van der Waals surface area contributed by atoms with Crippen molar-refractivity contribution in [2.24, 2.45) is 0 Å². The molecule has 1 fully saturated rings. The van der Waals surface area contributed by atoms with Gasteiger partial charge in [0.25, 0.3) is 0 Å². The third-order valence-corrected chi connectivity index (χ3v) is 4.44. The summed E-state index contributed by atoms with van der Waals surface area (Å²) < 4.78 is 12.5. The molecule has 0 unspecified atom stereocenters. The van der Waals surface area contributed by atoms with Crippen LogP contribution in [0.3, 0.4) is 0 Å². The lowest BCUT2D eigenvalue weighted by Crippen LogP contribution is -2.41. The summed E-state index contributed by atoms with van der Waals surface area (Å²) in [7, 11) is -0.498. The maximum atomic E-state index is 10.9. The Balaban J connectivity index is 2.33. The third-order valence-electron chi connectivity index (χ3n) is 3.75. The molecular formula is C13H16BBrO4. The molecular weight excluding hydrogens is 311 g/mol. The van der Waals surface area contributed by atoms with E-state index in [0.29, 0.717) is 4.47 Å². The number of halogens is 1. The lowest BCUT2D eigenvalue weighted by molar-refractivity contribution is 0.00578. The zero-order valence-electron chi connectivity index (χ0n) is 11.4. The predicted octanol–water partition coefficient (Wildman–Crippen LogP) is 2.45. The second-order valence-corrected chi connectivity index (χ2v) is 6.48. The first-order valence-corrected chi connectivity index (χ1v) is 6.82. The quantitative estimate of drug-likeness (QED) is 0.848. The number of aromatic carboxylic acids is 1. The summed E-state index contributed by atoms with van der Waals surface area (Å²) in [6.45, 7) is 7.91. The van der Waals surface area contributed by atoms with Crippen molar-refractivity contribution in [3.8, 4) is 0 Å². The number of hydrogen-bond acceptors (Lipinski definition) is 3. The van der Waals surface area contributed by atoms with Gasteiger partial charge in [-0.2, -0.15) is 0 Å². The van der Waals surface area contributed by atoms with Crippen LogP contribution in [0.5, 0.6) is 0 Å². The molecule has 0 aliphatic carbocycles. The van der Waals surface area contributed by atoms with Crippen LogP contribution >= 0.6 is 15.9 Å². The minimum absolute atomic E-state index is 0.229. The lowest BCUT2D eigenvalue weighted by atomic mass is 9.79.